The quantitative estimate of drug-likeness (QED) is 0.655. The summed E-state index contributed by atoms with van der Waals surface area (Å²) in [5.74, 6) is 0.671. The van der Waals surface area contributed by atoms with E-state index in [4.69, 9.17) is 4.74 Å². The molecular weight excluding hydrogens is 424 g/mol. The van der Waals surface area contributed by atoms with Crippen molar-refractivity contribution in [3.8, 4) is 5.75 Å². The Balaban J connectivity index is 1.54. The molecule has 0 spiro atoms. The van der Waals surface area contributed by atoms with Crippen LogP contribution in [0.15, 0.2) is 47.4 Å². The summed E-state index contributed by atoms with van der Waals surface area (Å²) in [4.78, 5) is 7.25. The maximum atomic E-state index is 13.0. The second-order valence-corrected chi connectivity index (χ2v) is 10.4. The van der Waals surface area contributed by atoms with Crippen LogP contribution in [-0.2, 0) is 16.4 Å². The van der Waals surface area contributed by atoms with Gasteiger partial charge in [0.15, 0.2) is 0 Å². The van der Waals surface area contributed by atoms with Gasteiger partial charge in [0.05, 0.1) is 11.5 Å². The first-order valence-electron chi connectivity index (χ1n) is 11.4. The van der Waals surface area contributed by atoms with Gasteiger partial charge >= 0.3 is 0 Å². The van der Waals surface area contributed by atoms with Gasteiger partial charge < -0.3 is 14.5 Å². The summed E-state index contributed by atoms with van der Waals surface area (Å²) in [5.41, 5.74) is 3.80. The molecule has 0 unspecified atom stereocenters. The lowest BCUT2D eigenvalue weighted by Gasteiger charge is -2.38. The van der Waals surface area contributed by atoms with E-state index in [2.05, 4.69) is 51.7 Å². The van der Waals surface area contributed by atoms with Crippen LogP contribution >= 0.6 is 0 Å². The van der Waals surface area contributed by atoms with Gasteiger partial charge in [0.2, 0.25) is 10.0 Å². The molecule has 4 rings (SSSR count). The minimum Gasteiger partial charge on any atom is -0.494 e. The average Bonchev–Trinajstić information content (AvgIpc) is 3.16. The first kappa shape index (κ1) is 23.0. The van der Waals surface area contributed by atoms with Crippen molar-refractivity contribution in [2.24, 2.45) is 0 Å². The molecule has 1 fully saturated rings. The summed E-state index contributed by atoms with van der Waals surface area (Å²) in [5, 5.41) is 0. The lowest BCUT2D eigenvalue weighted by molar-refractivity contribution is 0.113. The zero-order chi connectivity index (χ0) is 22.7. The molecule has 0 radical (unpaired) electrons. The summed E-state index contributed by atoms with van der Waals surface area (Å²) >= 11 is 0. The van der Waals surface area contributed by atoms with Gasteiger partial charge in [0, 0.05) is 58.0 Å². The molecule has 0 saturated carbocycles. The minimum absolute atomic E-state index is 0.00243. The predicted octanol–water partition coefficient (Wildman–Crippen LogP) is 2.34. The Morgan fingerprint density at radius 2 is 1.72 bits per heavy atom. The number of nitrogens with one attached hydrogen (secondary N) is 1. The van der Waals surface area contributed by atoms with Crippen LogP contribution in [-0.4, -0.2) is 78.2 Å². The third-order valence-corrected chi connectivity index (χ3v) is 7.95. The SMILES string of the molecule is CCOc1ccc(S(=O)(=O)NC[C@@H](c2ccc3c(c2)CCN3C)N2CCN(C)CC2)cc1. The highest BCUT2D eigenvalue weighted by molar-refractivity contribution is 7.89. The van der Waals surface area contributed by atoms with Crippen molar-refractivity contribution in [2.45, 2.75) is 24.3 Å². The minimum atomic E-state index is -3.62. The van der Waals surface area contributed by atoms with Crippen molar-refractivity contribution >= 4 is 15.7 Å². The molecule has 1 N–H and O–H groups in total. The molecule has 2 heterocycles. The standard InChI is InChI=1S/C24H34N4O3S/c1-4-31-21-6-8-22(9-7-21)32(29,30)25-18-24(28-15-13-26(2)14-16-28)19-5-10-23-20(17-19)11-12-27(23)3/h5-10,17,24-25H,4,11-16,18H2,1-3H3/t24-/m0/s1. The van der Waals surface area contributed by atoms with Gasteiger partial charge in [-0.25, -0.2) is 13.1 Å². The predicted molar refractivity (Wildman–Crippen MR) is 128 cm³/mol. The summed E-state index contributed by atoms with van der Waals surface area (Å²) in [6.07, 6.45) is 1.03. The maximum Gasteiger partial charge on any atom is 0.240 e. The van der Waals surface area contributed by atoms with E-state index in [0.29, 0.717) is 18.9 Å². The largest absolute Gasteiger partial charge is 0.494 e. The summed E-state index contributed by atoms with van der Waals surface area (Å²) in [7, 11) is 0.635. The van der Waals surface area contributed by atoms with E-state index >= 15 is 0 Å². The van der Waals surface area contributed by atoms with Gasteiger partial charge in [-0.05, 0) is 61.9 Å². The summed E-state index contributed by atoms with van der Waals surface area (Å²) in [6, 6.07) is 13.2. The van der Waals surface area contributed by atoms with Gasteiger partial charge in [-0.15, -0.1) is 0 Å². The molecular formula is C24H34N4O3S. The Morgan fingerprint density at radius 1 is 1.00 bits per heavy atom. The molecule has 1 atom stereocenters. The summed E-state index contributed by atoms with van der Waals surface area (Å²) < 4.78 is 34.3. The molecule has 7 nitrogen and oxygen atoms in total. The second-order valence-electron chi connectivity index (χ2n) is 8.67. The maximum absolute atomic E-state index is 13.0. The Morgan fingerprint density at radius 3 is 2.41 bits per heavy atom. The molecule has 8 heteroatoms. The van der Waals surface area contributed by atoms with Crippen LogP contribution in [0.25, 0.3) is 0 Å². The van der Waals surface area contributed by atoms with Gasteiger partial charge in [0.25, 0.3) is 0 Å². The van der Waals surface area contributed by atoms with Crippen molar-refractivity contribution in [1.82, 2.24) is 14.5 Å². The van der Waals surface area contributed by atoms with E-state index in [-0.39, 0.29) is 10.9 Å². The smallest absolute Gasteiger partial charge is 0.240 e. The van der Waals surface area contributed by atoms with Gasteiger partial charge in [-0.2, -0.15) is 0 Å². The van der Waals surface area contributed by atoms with Crippen LogP contribution in [0.5, 0.6) is 5.75 Å². The molecule has 2 aliphatic heterocycles. The van der Waals surface area contributed by atoms with Crippen molar-refractivity contribution in [3.05, 3.63) is 53.6 Å². The molecule has 0 bridgehead atoms. The number of sulfonamides is 1. The highest BCUT2D eigenvalue weighted by Gasteiger charge is 2.27. The summed E-state index contributed by atoms with van der Waals surface area (Å²) in [6.45, 7) is 7.63. The Bertz CT molecular complexity index is 1020. The number of ether oxygens (including phenoxy) is 1. The highest BCUT2D eigenvalue weighted by atomic mass is 32.2. The fourth-order valence-corrected chi connectivity index (χ4v) is 5.58. The number of fused-ring (bicyclic) bond motifs is 1. The fourth-order valence-electron chi connectivity index (χ4n) is 4.54. The van der Waals surface area contributed by atoms with Crippen LogP contribution in [0.4, 0.5) is 5.69 Å². The second kappa shape index (κ2) is 9.79. The first-order valence-corrected chi connectivity index (χ1v) is 12.8. The normalized spacial score (nSPS) is 18.5. The van der Waals surface area contributed by atoms with Crippen LogP contribution < -0.4 is 14.4 Å². The molecule has 0 aromatic heterocycles. The van der Waals surface area contributed by atoms with Crippen LogP contribution in [0.3, 0.4) is 0 Å². The number of benzene rings is 2. The molecule has 174 valence electrons. The third-order valence-electron chi connectivity index (χ3n) is 6.51. The molecule has 2 aromatic carbocycles. The number of likely N-dealkylation sites (N-methyl/N-ethyl adjacent to an activating group) is 2. The van der Waals surface area contributed by atoms with Crippen LogP contribution in [0.2, 0.25) is 0 Å². The molecule has 0 amide bonds. The Hall–Kier alpha value is -2.13. The molecule has 32 heavy (non-hydrogen) atoms. The van der Waals surface area contributed by atoms with Gasteiger partial charge in [-0.3, -0.25) is 4.90 Å². The number of piperazine rings is 1. The number of nitrogens with zero attached hydrogens (tertiary/aromatic N) is 3. The van der Waals surface area contributed by atoms with Crippen LogP contribution in [0.1, 0.15) is 24.1 Å². The van der Waals surface area contributed by atoms with E-state index < -0.39 is 10.0 Å². The van der Waals surface area contributed by atoms with Crippen molar-refractivity contribution < 1.29 is 13.2 Å². The van der Waals surface area contributed by atoms with Crippen molar-refractivity contribution in [2.75, 3.05) is 64.9 Å². The first-order chi connectivity index (χ1) is 15.4. The van der Waals surface area contributed by atoms with Gasteiger partial charge in [0.1, 0.15) is 5.75 Å². The molecule has 2 aromatic rings. The van der Waals surface area contributed by atoms with Crippen molar-refractivity contribution in [3.63, 3.8) is 0 Å². The van der Waals surface area contributed by atoms with E-state index in [0.717, 1.165) is 39.1 Å². The fraction of sp³-hybridized carbons (Fsp3) is 0.500. The Kier molecular flexibility index (Phi) is 7.05. The lowest BCUT2D eigenvalue weighted by atomic mass is 10.0. The van der Waals surface area contributed by atoms with Crippen molar-refractivity contribution in [1.29, 1.82) is 0 Å². The number of rotatable bonds is 8. The topological polar surface area (TPSA) is 65.1 Å². The third kappa shape index (κ3) is 5.09. The molecule has 0 aliphatic carbocycles. The molecule has 2 aliphatic rings. The number of anilines is 1. The van der Waals surface area contributed by atoms with Gasteiger partial charge in [-0.1, -0.05) is 12.1 Å². The Labute approximate surface area is 192 Å². The number of hydrogen-bond acceptors (Lipinski definition) is 6. The monoisotopic (exact) mass is 458 g/mol. The highest BCUT2D eigenvalue weighted by Crippen LogP contribution is 2.31. The van der Waals surface area contributed by atoms with E-state index in [9.17, 15) is 8.42 Å². The average molecular weight is 459 g/mol. The lowest BCUT2D eigenvalue weighted by Crippen LogP contribution is -2.48. The zero-order valence-electron chi connectivity index (χ0n) is 19.3. The molecule has 1 saturated heterocycles. The van der Waals surface area contributed by atoms with Crippen LogP contribution in [0, 0.1) is 0 Å². The number of hydrogen-bond donors (Lipinski definition) is 1. The van der Waals surface area contributed by atoms with E-state index in [1.54, 1.807) is 24.3 Å². The van der Waals surface area contributed by atoms with E-state index in [1.807, 2.05) is 6.92 Å². The zero-order valence-corrected chi connectivity index (χ0v) is 20.1. The van der Waals surface area contributed by atoms with E-state index in [1.165, 1.54) is 16.8 Å².